The molecule has 0 spiro atoms. The van der Waals surface area contributed by atoms with Gasteiger partial charge in [0.25, 0.3) is 5.91 Å². The minimum absolute atomic E-state index is 0.0248. The molecule has 1 amide bonds. The zero-order chi connectivity index (χ0) is 17.4. The first-order chi connectivity index (χ1) is 11.6. The summed E-state index contributed by atoms with van der Waals surface area (Å²) in [4.78, 5) is 34.6. The lowest BCUT2D eigenvalue weighted by atomic mass is 10.0. The van der Waals surface area contributed by atoms with Crippen LogP contribution in [0.1, 0.15) is 23.2 Å². The lowest BCUT2D eigenvalue weighted by molar-refractivity contribution is -0.141. The maximum absolute atomic E-state index is 12.0. The molecule has 0 aliphatic carbocycles. The van der Waals surface area contributed by atoms with Gasteiger partial charge in [0.05, 0.1) is 20.1 Å². The smallest absolute Gasteiger partial charge is 0.305 e. The van der Waals surface area contributed by atoms with Gasteiger partial charge in [-0.15, -0.1) is 0 Å². The summed E-state index contributed by atoms with van der Waals surface area (Å²) in [5, 5.41) is 2.56. The number of ketones is 1. The third kappa shape index (κ3) is 5.05. The van der Waals surface area contributed by atoms with Crippen molar-refractivity contribution in [3.05, 3.63) is 60.2 Å². The molecule has 124 valence electrons. The van der Waals surface area contributed by atoms with Crippen LogP contribution >= 0.6 is 0 Å². The maximum atomic E-state index is 12.0. The number of Topliss-reactive ketones (excluding diaryl/α,β-unsaturated/α-hetero) is 1. The van der Waals surface area contributed by atoms with E-state index in [1.165, 1.54) is 7.11 Å². The third-order valence-electron chi connectivity index (χ3n) is 3.54. The van der Waals surface area contributed by atoms with Gasteiger partial charge in [-0.1, -0.05) is 42.5 Å². The molecule has 0 aromatic heterocycles. The van der Waals surface area contributed by atoms with Crippen molar-refractivity contribution in [2.24, 2.45) is 0 Å². The molecule has 0 atom stereocenters. The van der Waals surface area contributed by atoms with Crippen molar-refractivity contribution in [3.8, 4) is 11.1 Å². The molecule has 0 radical (unpaired) electrons. The van der Waals surface area contributed by atoms with E-state index in [1.807, 2.05) is 42.5 Å². The summed E-state index contributed by atoms with van der Waals surface area (Å²) < 4.78 is 4.46. The van der Waals surface area contributed by atoms with Gasteiger partial charge in [0, 0.05) is 12.0 Å². The first-order valence-corrected chi connectivity index (χ1v) is 7.62. The second kappa shape index (κ2) is 8.62. The van der Waals surface area contributed by atoms with E-state index < -0.39 is 5.97 Å². The first-order valence-electron chi connectivity index (χ1n) is 7.62. The van der Waals surface area contributed by atoms with Crippen LogP contribution in [0.3, 0.4) is 0 Å². The Labute approximate surface area is 140 Å². The van der Waals surface area contributed by atoms with Crippen LogP contribution < -0.4 is 5.32 Å². The molecule has 1 N–H and O–H groups in total. The van der Waals surface area contributed by atoms with E-state index in [9.17, 15) is 14.4 Å². The van der Waals surface area contributed by atoms with Gasteiger partial charge in [-0.05, 0) is 23.3 Å². The van der Waals surface area contributed by atoms with E-state index in [0.29, 0.717) is 5.56 Å². The minimum Gasteiger partial charge on any atom is -0.469 e. The van der Waals surface area contributed by atoms with E-state index in [-0.39, 0.29) is 31.1 Å². The van der Waals surface area contributed by atoms with Crippen molar-refractivity contribution >= 4 is 17.7 Å². The third-order valence-corrected chi connectivity index (χ3v) is 3.54. The number of hydrogen-bond donors (Lipinski definition) is 1. The lowest BCUT2D eigenvalue weighted by Gasteiger charge is -2.06. The summed E-state index contributed by atoms with van der Waals surface area (Å²) in [6, 6.07) is 17.0. The van der Waals surface area contributed by atoms with E-state index in [2.05, 4.69) is 10.1 Å². The van der Waals surface area contributed by atoms with Gasteiger partial charge in [0.1, 0.15) is 0 Å². The predicted molar refractivity (Wildman–Crippen MR) is 90.5 cm³/mol. The standard InChI is InChI=1S/C19H19NO4/c1-24-18(22)12-11-17(21)13-20-19(23)16-9-7-15(8-10-16)14-5-3-2-4-6-14/h2-10H,11-13H2,1H3,(H,20,23). The number of nitrogens with one attached hydrogen (secondary N) is 1. The van der Waals surface area contributed by atoms with Crippen molar-refractivity contribution in [1.82, 2.24) is 5.32 Å². The molecule has 0 aliphatic heterocycles. The Kier molecular flexibility index (Phi) is 6.25. The Morgan fingerprint density at radius 1 is 0.875 bits per heavy atom. The molecule has 0 heterocycles. The van der Waals surface area contributed by atoms with Crippen LogP contribution in [0.2, 0.25) is 0 Å². The first kappa shape index (κ1) is 17.4. The van der Waals surface area contributed by atoms with Gasteiger partial charge in [0.2, 0.25) is 0 Å². The van der Waals surface area contributed by atoms with Crippen LogP contribution in [0.5, 0.6) is 0 Å². The highest BCUT2D eigenvalue weighted by Crippen LogP contribution is 2.19. The highest BCUT2D eigenvalue weighted by molar-refractivity contribution is 5.97. The van der Waals surface area contributed by atoms with Crippen molar-refractivity contribution in [2.75, 3.05) is 13.7 Å². The fourth-order valence-corrected chi connectivity index (χ4v) is 2.16. The summed E-state index contributed by atoms with van der Waals surface area (Å²) in [7, 11) is 1.27. The van der Waals surface area contributed by atoms with Crippen molar-refractivity contribution in [1.29, 1.82) is 0 Å². The molecule has 0 unspecified atom stereocenters. The summed E-state index contributed by atoms with van der Waals surface area (Å²) in [6.07, 6.45) is 0.0802. The number of carbonyl (C=O) groups is 3. The summed E-state index contributed by atoms with van der Waals surface area (Å²) in [6.45, 7) is -0.101. The van der Waals surface area contributed by atoms with E-state index in [1.54, 1.807) is 12.1 Å². The maximum Gasteiger partial charge on any atom is 0.305 e. The Bertz CT molecular complexity index is 708. The van der Waals surface area contributed by atoms with E-state index in [4.69, 9.17) is 0 Å². The average Bonchev–Trinajstić information content (AvgIpc) is 2.64. The monoisotopic (exact) mass is 325 g/mol. The Hall–Kier alpha value is -2.95. The number of amides is 1. The number of methoxy groups -OCH3 is 1. The lowest BCUT2D eigenvalue weighted by Crippen LogP contribution is -2.29. The predicted octanol–water partition coefficient (Wildman–Crippen LogP) is 2.61. The van der Waals surface area contributed by atoms with Crippen LogP contribution in [0.4, 0.5) is 0 Å². The van der Waals surface area contributed by atoms with Crippen molar-refractivity contribution < 1.29 is 19.1 Å². The van der Waals surface area contributed by atoms with Gasteiger partial charge in [-0.3, -0.25) is 14.4 Å². The van der Waals surface area contributed by atoms with Crippen LogP contribution in [0, 0.1) is 0 Å². The molecule has 0 saturated heterocycles. The van der Waals surface area contributed by atoms with Gasteiger partial charge >= 0.3 is 5.97 Å². The second-order valence-electron chi connectivity index (χ2n) is 5.24. The van der Waals surface area contributed by atoms with Gasteiger partial charge in [-0.2, -0.15) is 0 Å². The van der Waals surface area contributed by atoms with Crippen LogP contribution in [0.15, 0.2) is 54.6 Å². The molecule has 24 heavy (non-hydrogen) atoms. The van der Waals surface area contributed by atoms with Crippen LogP contribution in [0.25, 0.3) is 11.1 Å². The fraction of sp³-hybridized carbons (Fsp3) is 0.211. The van der Waals surface area contributed by atoms with E-state index >= 15 is 0 Å². The van der Waals surface area contributed by atoms with Crippen LogP contribution in [-0.4, -0.2) is 31.3 Å². The molecular weight excluding hydrogens is 306 g/mol. The van der Waals surface area contributed by atoms with Crippen LogP contribution in [-0.2, 0) is 14.3 Å². The SMILES string of the molecule is COC(=O)CCC(=O)CNC(=O)c1ccc(-c2ccccc2)cc1. The summed E-state index contributed by atoms with van der Waals surface area (Å²) in [5.74, 6) is -0.970. The number of ether oxygens (including phenoxy) is 1. The molecular formula is C19H19NO4. The second-order valence-corrected chi connectivity index (χ2v) is 5.24. The quantitative estimate of drug-likeness (QED) is 0.794. The number of hydrogen-bond acceptors (Lipinski definition) is 4. The molecule has 2 rings (SSSR count). The molecule has 0 saturated carbocycles. The number of carbonyl (C=O) groups excluding carboxylic acids is 3. The zero-order valence-electron chi connectivity index (χ0n) is 13.5. The highest BCUT2D eigenvalue weighted by atomic mass is 16.5. The van der Waals surface area contributed by atoms with Crippen molar-refractivity contribution in [2.45, 2.75) is 12.8 Å². The van der Waals surface area contributed by atoms with Gasteiger partial charge < -0.3 is 10.1 Å². The molecule has 0 fully saturated rings. The molecule has 2 aromatic carbocycles. The number of benzene rings is 2. The average molecular weight is 325 g/mol. The van der Waals surface area contributed by atoms with Gasteiger partial charge in [0.15, 0.2) is 5.78 Å². The molecule has 0 aliphatic rings. The summed E-state index contributed by atoms with van der Waals surface area (Å²) in [5.41, 5.74) is 2.57. The zero-order valence-corrected chi connectivity index (χ0v) is 13.5. The highest BCUT2D eigenvalue weighted by Gasteiger charge is 2.10. The number of esters is 1. The van der Waals surface area contributed by atoms with E-state index in [0.717, 1.165) is 11.1 Å². The molecule has 2 aromatic rings. The number of rotatable bonds is 7. The largest absolute Gasteiger partial charge is 0.469 e. The molecule has 5 heteroatoms. The minimum atomic E-state index is -0.439. The van der Waals surface area contributed by atoms with Crippen molar-refractivity contribution in [3.63, 3.8) is 0 Å². The normalized spacial score (nSPS) is 10.0. The molecule has 5 nitrogen and oxygen atoms in total. The van der Waals surface area contributed by atoms with Gasteiger partial charge in [-0.25, -0.2) is 0 Å². The summed E-state index contributed by atoms with van der Waals surface area (Å²) >= 11 is 0. The Morgan fingerprint density at radius 3 is 2.12 bits per heavy atom. The Balaban J connectivity index is 1.87. The topological polar surface area (TPSA) is 72.5 Å². The molecule has 0 bridgehead atoms. The Morgan fingerprint density at radius 2 is 1.50 bits per heavy atom. The fourth-order valence-electron chi connectivity index (χ4n) is 2.16.